The molecule has 0 amide bonds. The topological polar surface area (TPSA) is 41.6 Å². The minimum absolute atomic E-state index is 0.0819. The van der Waals surface area contributed by atoms with Gasteiger partial charge in [-0.3, -0.25) is 4.90 Å². The standard InChI is InChI=1S/C16H30N2O2/c1-4-14-8-6-5-7-11-18(14)12-16(17-2,13-9-10-13)15(19)20-3/h13-14,17H,4-12H2,1-3H3. The van der Waals surface area contributed by atoms with Gasteiger partial charge in [-0.25, -0.2) is 4.79 Å². The highest BCUT2D eigenvalue weighted by atomic mass is 16.5. The molecule has 2 atom stereocenters. The number of nitrogens with zero attached hydrogens (tertiary/aromatic N) is 1. The van der Waals surface area contributed by atoms with E-state index in [0.717, 1.165) is 25.9 Å². The van der Waals surface area contributed by atoms with Gasteiger partial charge in [-0.2, -0.15) is 0 Å². The summed E-state index contributed by atoms with van der Waals surface area (Å²) in [6, 6.07) is 0.619. The van der Waals surface area contributed by atoms with Crippen LogP contribution in [-0.2, 0) is 9.53 Å². The lowest BCUT2D eigenvalue weighted by Gasteiger charge is -2.39. The van der Waals surface area contributed by atoms with Crippen molar-refractivity contribution in [3.63, 3.8) is 0 Å². The van der Waals surface area contributed by atoms with Gasteiger partial charge in [0.05, 0.1) is 7.11 Å². The van der Waals surface area contributed by atoms with E-state index in [1.54, 1.807) is 0 Å². The van der Waals surface area contributed by atoms with Gasteiger partial charge in [-0.15, -0.1) is 0 Å². The lowest BCUT2D eigenvalue weighted by molar-refractivity contribution is -0.150. The molecule has 2 aliphatic rings. The average molecular weight is 282 g/mol. The van der Waals surface area contributed by atoms with Crippen molar-refractivity contribution >= 4 is 5.97 Å². The quantitative estimate of drug-likeness (QED) is 0.758. The van der Waals surface area contributed by atoms with Crippen LogP contribution in [0, 0.1) is 5.92 Å². The SMILES string of the molecule is CCC1CCCCCN1CC(NC)(C(=O)OC)C1CC1. The zero-order chi connectivity index (χ0) is 14.6. The monoisotopic (exact) mass is 282 g/mol. The lowest BCUT2D eigenvalue weighted by Crippen LogP contribution is -2.61. The molecule has 116 valence electrons. The number of likely N-dealkylation sites (tertiary alicyclic amines) is 1. The van der Waals surface area contributed by atoms with Gasteiger partial charge in [0.2, 0.25) is 0 Å². The number of esters is 1. The Labute approximate surface area is 123 Å². The smallest absolute Gasteiger partial charge is 0.327 e. The fourth-order valence-corrected chi connectivity index (χ4v) is 3.73. The molecule has 1 saturated heterocycles. The average Bonchev–Trinajstić information content (AvgIpc) is 3.31. The van der Waals surface area contributed by atoms with Gasteiger partial charge >= 0.3 is 5.97 Å². The van der Waals surface area contributed by atoms with E-state index in [2.05, 4.69) is 17.1 Å². The first kappa shape index (κ1) is 15.8. The van der Waals surface area contributed by atoms with Gasteiger partial charge < -0.3 is 10.1 Å². The summed E-state index contributed by atoms with van der Waals surface area (Å²) in [6.45, 7) is 4.18. The van der Waals surface area contributed by atoms with Crippen LogP contribution in [-0.4, -0.2) is 49.7 Å². The van der Waals surface area contributed by atoms with E-state index in [-0.39, 0.29) is 5.97 Å². The summed E-state index contributed by atoms with van der Waals surface area (Å²) < 4.78 is 5.12. The van der Waals surface area contributed by atoms with Crippen LogP contribution in [0.4, 0.5) is 0 Å². The maximum absolute atomic E-state index is 12.4. The third-order valence-electron chi connectivity index (χ3n) is 5.19. The molecule has 4 nitrogen and oxygen atoms in total. The number of hydrogen-bond acceptors (Lipinski definition) is 4. The molecule has 1 heterocycles. The number of carbonyl (C=O) groups excluding carboxylic acids is 1. The van der Waals surface area contributed by atoms with Crippen LogP contribution >= 0.6 is 0 Å². The number of carbonyl (C=O) groups is 1. The van der Waals surface area contributed by atoms with Gasteiger partial charge in [0, 0.05) is 12.6 Å². The molecule has 0 spiro atoms. The second-order valence-corrected chi connectivity index (χ2v) is 6.37. The number of ether oxygens (including phenoxy) is 1. The van der Waals surface area contributed by atoms with Crippen LogP contribution in [0.1, 0.15) is 51.9 Å². The third kappa shape index (κ3) is 3.17. The van der Waals surface area contributed by atoms with E-state index < -0.39 is 5.54 Å². The molecule has 1 aliphatic heterocycles. The van der Waals surface area contributed by atoms with Crippen molar-refractivity contribution < 1.29 is 9.53 Å². The fourth-order valence-electron chi connectivity index (χ4n) is 3.73. The minimum Gasteiger partial charge on any atom is -0.468 e. The Morgan fingerprint density at radius 3 is 2.60 bits per heavy atom. The number of rotatable bonds is 6. The van der Waals surface area contributed by atoms with Crippen molar-refractivity contribution in [2.45, 2.75) is 63.5 Å². The second kappa shape index (κ2) is 6.90. The minimum atomic E-state index is -0.494. The van der Waals surface area contributed by atoms with E-state index in [9.17, 15) is 4.79 Å². The molecule has 0 radical (unpaired) electrons. The molecule has 0 bridgehead atoms. The van der Waals surface area contributed by atoms with Crippen LogP contribution in [0.2, 0.25) is 0 Å². The highest BCUT2D eigenvalue weighted by Crippen LogP contribution is 2.41. The first-order valence-corrected chi connectivity index (χ1v) is 8.19. The number of nitrogens with one attached hydrogen (secondary N) is 1. The van der Waals surface area contributed by atoms with Gasteiger partial charge in [-0.05, 0) is 51.6 Å². The van der Waals surface area contributed by atoms with Gasteiger partial charge in [-0.1, -0.05) is 19.8 Å². The summed E-state index contributed by atoms with van der Waals surface area (Å²) in [7, 11) is 3.42. The molecule has 0 aromatic rings. The Kier molecular flexibility index (Phi) is 5.44. The van der Waals surface area contributed by atoms with Gasteiger partial charge in [0.15, 0.2) is 0 Å². The van der Waals surface area contributed by atoms with E-state index in [4.69, 9.17) is 4.74 Å². The summed E-state index contributed by atoms with van der Waals surface area (Å²) in [6.07, 6.45) is 8.61. The second-order valence-electron chi connectivity index (χ2n) is 6.37. The Morgan fingerprint density at radius 1 is 1.30 bits per heavy atom. The zero-order valence-electron chi connectivity index (χ0n) is 13.3. The van der Waals surface area contributed by atoms with Crippen LogP contribution in [0.3, 0.4) is 0 Å². The fraction of sp³-hybridized carbons (Fsp3) is 0.938. The maximum Gasteiger partial charge on any atom is 0.327 e. The Morgan fingerprint density at radius 2 is 2.05 bits per heavy atom. The Balaban J connectivity index is 2.14. The molecule has 0 aromatic heterocycles. The van der Waals surface area contributed by atoms with Crippen molar-refractivity contribution in [2.24, 2.45) is 5.92 Å². The van der Waals surface area contributed by atoms with Crippen molar-refractivity contribution in [3.05, 3.63) is 0 Å². The third-order valence-corrected chi connectivity index (χ3v) is 5.19. The van der Waals surface area contributed by atoms with Gasteiger partial charge in [0.25, 0.3) is 0 Å². The molecule has 2 rings (SSSR count). The molecule has 20 heavy (non-hydrogen) atoms. The summed E-state index contributed by atoms with van der Waals surface area (Å²) in [4.78, 5) is 14.9. The first-order chi connectivity index (χ1) is 9.67. The molecular formula is C16H30N2O2. The number of likely N-dealkylation sites (N-methyl/N-ethyl adjacent to an activating group) is 1. The number of hydrogen-bond donors (Lipinski definition) is 1. The summed E-state index contributed by atoms with van der Waals surface area (Å²) >= 11 is 0. The Hall–Kier alpha value is -0.610. The van der Waals surface area contributed by atoms with E-state index in [1.807, 2.05) is 7.05 Å². The van der Waals surface area contributed by atoms with E-state index in [1.165, 1.54) is 39.2 Å². The first-order valence-electron chi connectivity index (χ1n) is 8.19. The highest BCUT2D eigenvalue weighted by molar-refractivity contribution is 5.82. The predicted octanol–water partition coefficient (Wildman–Crippen LogP) is 2.18. The van der Waals surface area contributed by atoms with Crippen molar-refractivity contribution in [1.29, 1.82) is 0 Å². The summed E-state index contributed by atoms with van der Waals surface area (Å²) in [5, 5.41) is 3.32. The summed E-state index contributed by atoms with van der Waals surface area (Å²) in [5.41, 5.74) is -0.494. The molecule has 1 N–H and O–H groups in total. The van der Waals surface area contributed by atoms with Crippen LogP contribution < -0.4 is 5.32 Å². The molecular weight excluding hydrogens is 252 g/mol. The van der Waals surface area contributed by atoms with Crippen LogP contribution in [0.5, 0.6) is 0 Å². The summed E-state index contributed by atoms with van der Waals surface area (Å²) in [5.74, 6) is 0.363. The van der Waals surface area contributed by atoms with Gasteiger partial charge in [0.1, 0.15) is 5.54 Å². The maximum atomic E-state index is 12.4. The van der Waals surface area contributed by atoms with E-state index in [0.29, 0.717) is 12.0 Å². The predicted molar refractivity (Wildman–Crippen MR) is 80.7 cm³/mol. The zero-order valence-corrected chi connectivity index (χ0v) is 13.3. The molecule has 1 aliphatic carbocycles. The highest BCUT2D eigenvalue weighted by Gasteiger charge is 2.52. The largest absolute Gasteiger partial charge is 0.468 e. The van der Waals surface area contributed by atoms with Crippen LogP contribution in [0.25, 0.3) is 0 Å². The molecule has 2 fully saturated rings. The van der Waals surface area contributed by atoms with Crippen molar-refractivity contribution in [3.8, 4) is 0 Å². The Bertz CT molecular complexity index is 330. The van der Waals surface area contributed by atoms with Crippen LogP contribution in [0.15, 0.2) is 0 Å². The van der Waals surface area contributed by atoms with Crippen molar-refractivity contribution in [2.75, 3.05) is 27.2 Å². The van der Waals surface area contributed by atoms with Crippen molar-refractivity contribution in [1.82, 2.24) is 10.2 Å². The normalized spacial score (nSPS) is 27.6. The lowest BCUT2D eigenvalue weighted by atomic mass is 9.91. The molecule has 4 heteroatoms. The molecule has 1 saturated carbocycles. The number of methoxy groups -OCH3 is 1. The van der Waals surface area contributed by atoms with E-state index >= 15 is 0 Å². The molecule has 0 aromatic carbocycles. The molecule has 2 unspecified atom stereocenters.